The second kappa shape index (κ2) is 5.96. The quantitative estimate of drug-likeness (QED) is 0.606. The van der Waals surface area contributed by atoms with Crippen LogP contribution in [0.15, 0.2) is 11.4 Å². The van der Waals surface area contributed by atoms with E-state index in [-0.39, 0.29) is 11.6 Å². The Bertz CT molecular complexity index is 342. The zero-order chi connectivity index (χ0) is 13.1. The number of aryl methyl sites for hydroxylation is 1. The Morgan fingerprint density at radius 1 is 1.41 bits per heavy atom. The first-order chi connectivity index (χ1) is 7.97. The summed E-state index contributed by atoms with van der Waals surface area (Å²) in [5.41, 5.74) is 4.28. The van der Waals surface area contributed by atoms with Crippen molar-refractivity contribution < 1.29 is 0 Å². The predicted octanol–water partition coefficient (Wildman–Crippen LogP) is 2.68. The van der Waals surface area contributed by atoms with E-state index in [1.165, 1.54) is 10.4 Å². The molecule has 17 heavy (non-hydrogen) atoms. The van der Waals surface area contributed by atoms with Crippen molar-refractivity contribution in [1.29, 1.82) is 0 Å². The van der Waals surface area contributed by atoms with Gasteiger partial charge in [0.05, 0.1) is 6.04 Å². The van der Waals surface area contributed by atoms with Gasteiger partial charge in [0.15, 0.2) is 0 Å². The third kappa shape index (κ3) is 3.07. The molecule has 4 heteroatoms. The first-order valence-electron chi connectivity index (χ1n) is 6.23. The van der Waals surface area contributed by atoms with Gasteiger partial charge < -0.3 is 0 Å². The molecule has 98 valence electrons. The molecule has 0 amide bonds. The average Bonchev–Trinajstić information content (AvgIpc) is 2.66. The number of hydrogen-bond donors (Lipinski definition) is 2. The minimum Gasteiger partial charge on any atom is -0.297 e. The van der Waals surface area contributed by atoms with Gasteiger partial charge in [-0.25, -0.2) is 0 Å². The van der Waals surface area contributed by atoms with E-state index in [0.29, 0.717) is 0 Å². The molecular formula is C13H25N3S. The molecule has 0 aliphatic rings. The van der Waals surface area contributed by atoms with E-state index in [0.717, 1.165) is 13.1 Å². The van der Waals surface area contributed by atoms with Crippen molar-refractivity contribution in [3.63, 3.8) is 0 Å². The average molecular weight is 255 g/mol. The molecule has 0 aliphatic heterocycles. The molecule has 3 N–H and O–H groups in total. The summed E-state index contributed by atoms with van der Waals surface area (Å²) in [5.74, 6) is 5.78. The van der Waals surface area contributed by atoms with Gasteiger partial charge in [-0.15, -0.1) is 11.3 Å². The number of hydrazine groups is 1. The van der Waals surface area contributed by atoms with Crippen LogP contribution < -0.4 is 11.3 Å². The summed E-state index contributed by atoms with van der Waals surface area (Å²) < 4.78 is 0. The minimum absolute atomic E-state index is 0.00572. The van der Waals surface area contributed by atoms with Crippen molar-refractivity contribution in [2.45, 2.75) is 46.2 Å². The number of nitrogens with one attached hydrogen (secondary N) is 1. The lowest BCUT2D eigenvalue weighted by Gasteiger charge is -2.43. The fraction of sp³-hybridized carbons (Fsp3) is 0.692. The van der Waals surface area contributed by atoms with Gasteiger partial charge in [0, 0.05) is 10.4 Å². The summed E-state index contributed by atoms with van der Waals surface area (Å²) >= 11 is 1.78. The standard InChI is InChI=1S/C13H25N3S/c1-6-16(7-2)13(4,5)12(15-14)11-8-10(3)17-9-11/h8-9,12,15H,6-7,14H2,1-5H3. The summed E-state index contributed by atoms with van der Waals surface area (Å²) in [6, 6.07) is 2.38. The van der Waals surface area contributed by atoms with Gasteiger partial charge in [-0.3, -0.25) is 16.2 Å². The van der Waals surface area contributed by atoms with Gasteiger partial charge in [0.25, 0.3) is 0 Å². The van der Waals surface area contributed by atoms with Crippen LogP contribution in [0.3, 0.4) is 0 Å². The maximum atomic E-state index is 5.78. The fourth-order valence-corrected chi connectivity index (χ4v) is 3.27. The van der Waals surface area contributed by atoms with Crippen LogP contribution >= 0.6 is 11.3 Å². The van der Waals surface area contributed by atoms with Gasteiger partial charge in [-0.2, -0.15) is 0 Å². The Labute approximate surface area is 109 Å². The number of thiophene rings is 1. The molecular weight excluding hydrogens is 230 g/mol. The lowest BCUT2D eigenvalue weighted by molar-refractivity contribution is 0.0914. The summed E-state index contributed by atoms with van der Waals surface area (Å²) in [6.45, 7) is 13.1. The Kier molecular flexibility index (Phi) is 5.13. The van der Waals surface area contributed by atoms with Crippen LogP contribution in [0.5, 0.6) is 0 Å². The van der Waals surface area contributed by atoms with Crippen LogP contribution in [0.25, 0.3) is 0 Å². The molecule has 0 fully saturated rings. The predicted molar refractivity (Wildman–Crippen MR) is 76.1 cm³/mol. The van der Waals surface area contributed by atoms with Gasteiger partial charge in [0.2, 0.25) is 0 Å². The van der Waals surface area contributed by atoms with Gasteiger partial charge in [-0.1, -0.05) is 13.8 Å². The molecule has 3 nitrogen and oxygen atoms in total. The first-order valence-corrected chi connectivity index (χ1v) is 7.11. The Balaban J connectivity index is 3.00. The highest BCUT2D eigenvalue weighted by atomic mass is 32.1. The highest BCUT2D eigenvalue weighted by molar-refractivity contribution is 7.10. The van der Waals surface area contributed by atoms with E-state index >= 15 is 0 Å². The van der Waals surface area contributed by atoms with Gasteiger partial charge in [-0.05, 0) is 50.9 Å². The Hall–Kier alpha value is -0.420. The van der Waals surface area contributed by atoms with Gasteiger partial charge in [0.1, 0.15) is 0 Å². The molecule has 1 rings (SSSR count). The zero-order valence-corrected chi connectivity index (χ0v) is 12.4. The summed E-state index contributed by atoms with van der Waals surface area (Å²) in [7, 11) is 0. The molecule has 0 saturated carbocycles. The van der Waals surface area contributed by atoms with Crippen LogP contribution in [-0.4, -0.2) is 23.5 Å². The SMILES string of the molecule is CCN(CC)C(C)(C)C(NN)c1csc(C)c1. The van der Waals surface area contributed by atoms with Crippen LogP contribution in [0.1, 0.15) is 44.2 Å². The zero-order valence-electron chi connectivity index (χ0n) is 11.6. The third-order valence-corrected chi connectivity index (χ3v) is 4.42. The number of hydrogen-bond acceptors (Lipinski definition) is 4. The third-order valence-electron chi connectivity index (χ3n) is 3.54. The second-order valence-electron chi connectivity index (χ2n) is 4.92. The topological polar surface area (TPSA) is 41.3 Å². The second-order valence-corrected chi connectivity index (χ2v) is 6.03. The molecule has 1 aromatic heterocycles. The normalized spacial score (nSPS) is 14.3. The Morgan fingerprint density at radius 3 is 2.35 bits per heavy atom. The van der Waals surface area contributed by atoms with E-state index in [4.69, 9.17) is 5.84 Å². The van der Waals surface area contributed by atoms with Crippen molar-refractivity contribution >= 4 is 11.3 Å². The molecule has 1 heterocycles. The molecule has 1 atom stereocenters. The highest BCUT2D eigenvalue weighted by Crippen LogP contribution is 2.32. The van der Waals surface area contributed by atoms with E-state index in [1.807, 2.05) is 0 Å². The summed E-state index contributed by atoms with van der Waals surface area (Å²) in [5, 5.41) is 2.20. The number of rotatable bonds is 6. The smallest absolute Gasteiger partial charge is 0.0646 e. The van der Waals surface area contributed by atoms with Crippen molar-refractivity contribution in [3.05, 3.63) is 21.9 Å². The fourth-order valence-electron chi connectivity index (χ4n) is 2.54. The molecule has 0 spiro atoms. The summed E-state index contributed by atoms with van der Waals surface area (Å²) in [4.78, 5) is 3.76. The highest BCUT2D eigenvalue weighted by Gasteiger charge is 2.34. The maximum Gasteiger partial charge on any atom is 0.0646 e. The molecule has 1 aromatic rings. The monoisotopic (exact) mass is 255 g/mol. The molecule has 1 unspecified atom stereocenters. The number of likely N-dealkylation sites (N-methyl/N-ethyl adjacent to an activating group) is 1. The van der Waals surface area contributed by atoms with Crippen LogP contribution in [-0.2, 0) is 0 Å². The molecule has 0 aromatic carbocycles. The van der Waals surface area contributed by atoms with E-state index in [1.54, 1.807) is 11.3 Å². The molecule has 0 saturated heterocycles. The maximum absolute atomic E-state index is 5.78. The summed E-state index contributed by atoms with van der Waals surface area (Å²) in [6.07, 6.45) is 0. The van der Waals surface area contributed by atoms with E-state index in [9.17, 15) is 0 Å². The number of nitrogens with zero attached hydrogens (tertiary/aromatic N) is 1. The largest absolute Gasteiger partial charge is 0.297 e. The van der Waals surface area contributed by atoms with Crippen LogP contribution in [0, 0.1) is 6.92 Å². The molecule has 0 radical (unpaired) electrons. The number of nitrogens with two attached hydrogens (primary N) is 1. The Morgan fingerprint density at radius 2 is 2.00 bits per heavy atom. The van der Waals surface area contributed by atoms with Crippen molar-refractivity contribution in [2.75, 3.05) is 13.1 Å². The molecule has 0 bridgehead atoms. The van der Waals surface area contributed by atoms with Crippen molar-refractivity contribution in [3.8, 4) is 0 Å². The molecule has 0 aliphatic carbocycles. The van der Waals surface area contributed by atoms with E-state index in [2.05, 4.69) is 56.4 Å². The van der Waals surface area contributed by atoms with Crippen LogP contribution in [0.2, 0.25) is 0 Å². The minimum atomic E-state index is 0.00572. The lowest BCUT2D eigenvalue weighted by Crippen LogP contribution is -2.54. The van der Waals surface area contributed by atoms with E-state index < -0.39 is 0 Å². The lowest BCUT2D eigenvalue weighted by atomic mass is 9.88. The van der Waals surface area contributed by atoms with Crippen molar-refractivity contribution in [1.82, 2.24) is 10.3 Å². The van der Waals surface area contributed by atoms with Crippen molar-refractivity contribution in [2.24, 2.45) is 5.84 Å². The van der Waals surface area contributed by atoms with Gasteiger partial charge >= 0.3 is 0 Å². The first kappa shape index (κ1) is 14.6. The van der Waals surface area contributed by atoms with Crippen LogP contribution in [0.4, 0.5) is 0 Å².